The summed E-state index contributed by atoms with van der Waals surface area (Å²) >= 11 is 5.04. The minimum Gasteiger partial charge on any atom is -0.131 e. The Morgan fingerprint density at radius 2 is 1.87 bits per heavy atom. The molecule has 0 saturated heterocycles. The van der Waals surface area contributed by atoms with Crippen LogP contribution in [0.5, 0.6) is 0 Å². The van der Waals surface area contributed by atoms with Gasteiger partial charge in [0, 0.05) is 5.75 Å². The van der Waals surface area contributed by atoms with E-state index in [9.17, 15) is 0 Å². The molecule has 0 aliphatic rings. The van der Waals surface area contributed by atoms with Gasteiger partial charge in [-0.15, -0.1) is 10.2 Å². The van der Waals surface area contributed by atoms with Crippen molar-refractivity contribution in [1.82, 2.24) is 10.2 Å². The van der Waals surface area contributed by atoms with Crippen molar-refractivity contribution in [2.45, 2.75) is 14.4 Å². The van der Waals surface area contributed by atoms with Gasteiger partial charge in [0.1, 0.15) is 0 Å². The van der Waals surface area contributed by atoms with Gasteiger partial charge >= 0.3 is 0 Å². The van der Waals surface area contributed by atoms with Gasteiger partial charge in [0.2, 0.25) is 0 Å². The van der Waals surface area contributed by atoms with E-state index < -0.39 is 0 Å². The van der Waals surface area contributed by atoms with Crippen molar-refractivity contribution in [3.63, 3.8) is 0 Å². The molecule has 0 aliphatic carbocycles. The van der Waals surface area contributed by atoms with E-state index in [0.29, 0.717) is 0 Å². The first-order valence-corrected chi connectivity index (χ1v) is 7.45. The van der Waals surface area contributed by atoms with E-state index >= 15 is 0 Å². The smallest absolute Gasteiger partial charge is 0.131 e. The summed E-state index contributed by atoms with van der Waals surface area (Å²) in [5, 5.41) is 8.17. The first-order chi connectivity index (χ1) is 7.38. The predicted molar refractivity (Wildman–Crippen MR) is 67.7 cm³/mol. The van der Waals surface area contributed by atoms with Gasteiger partial charge in [0.15, 0.2) is 8.68 Å². The Bertz CT molecular complexity index is 414. The van der Waals surface area contributed by atoms with Crippen molar-refractivity contribution >= 4 is 34.9 Å². The molecule has 2 rings (SSSR count). The molecule has 0 amide bonds. The van der Waals surface area contributed by atoms with Gasteiger partial charge in [-0.1, -0.05) is 65.2 Å². The van der Waals surface area contributed by atoms with Crippen LogP contribution in [0.4, 0.5) is 0 Å². The molecule has 2 aromatic rings. The maximum atomic E-state index is 4.11. The van der Waals surface area contributed by atoms with Gasteiger partial charge < -0.3 is 0 Å². The SMILES string of the molecule is CSc1nnc(SCc2ccccc2)s1. The summed E-state index contributed by atoms with van der Waals surface area (Å²) in [6, 6.07) is 10.4. The largest absolute Gasteiger partial charge is 0.175 e. The molecule has 15 heavy (non-hydrogen) atoms. The Morgan fingerprint density at radius 3 is 2.53 bits per heavy atom. The second-order valence-corrected chi connectivity index (χ2v) is 6.07. The first kappa shape index (κ1) is 11.0. The Balaban J connectivity index is 1.93. The van der Waals surface area contributed by atoms with E-state index in [4.69, 9.17) is 0 Å². The van der Waals surface area contributed by atoms with Crippen LogP contribution in [0.2, 0.25) is 0 Å². The lowest BCUT2D eigenvalue weighted by Crippen LogP contribution is -1.78. The van der Waals surface area contributed by atoms with Gasteiger partial charge in [0.05, 0.1) is 0 Å². The number of hydrogen-bond acceptors (Lipinski definition) is 5. The van der Waals surface area contributed by atoms with Crippen LogP contribution in [-0.4, -0.2) is 16.5 Å². The highest BCUT2D eigenvalue weighted by Gasteiger charge is 2.03. The van der Waals surface area contributed by atoms with Crippen LogP contribution >= 0.6 is 34.9 Å². The third-order valence-corrected chi connectivity index (χ3v) is 4.87. The molecule has 0 bridgehead atoms. The minimum absolute atomic E-state index is 0.962. The third kappa shape index (κ3) is 3.22. The fourth-order valence-electron chi connectivity index (χ4n) is 1.06. The molecule has 0 atom stereocenters. The summed E-state index contributed by atoms with van der Waals surface area (Å²) in [6.07, 6.45) is 2.02. The zero-order chi connectivity index (χ0) is 10.5. The Hall–Kier alpha value is -0.520. The van der Waals surface area contributed by atoms with Crippen molar-refractivity contribution in [2.75, 3.05) is 6.26 Å². The molecule has 5 heteroatoms. The lowest BCUT2D eigenvalue weighted by atomic mass is 10.2. The highest BCUT2D eigenvalue weighted by molar-refractivity contribution is 8.02. The van der Waals surface area contributed by atoms with E-state index in [0.717, 1.165) is 14.4 Å². The molecule has 0 spiro atoms. The van der Waals surface area contributed by atoms with Crippen molar-refractivity contribution < 1.29 is 0 Å². The molecule has 0 N–H and O–H groups in total. The van der Waals surface area contributed by atoms with Gasteiger partial charge in [-0.2, -0.15) is 0 Å². The highest BCUT2D eigenvalue weighted by Crippen LogP contribution is 2.29. The number of benzene rings is 1. The van der Waals surface area contributed by atoms with Crippen molar-refractivity contribution in [2.24, 2.45) is 0 Å². The van der Waals surface area contributed by atoms with Gasteiger partial charge in [-0.05, 0) is 11.8 Å². The number of thioether (sulfide) groups is 2. The zero-order valence-electron chi connectivity index (χ0n) is 8.21. The van der Waals surface area contributed by atoms with Crippen LogP contribution in [-0.2, 0) is 5.75 Å². The van der Waals surface area contributed by atoms with Crippen LogP contribution in [0.1, 0.15) is 5.56 Å². The highest BCUT2D eigenvalue weighted by atomic mass is 32.2. The van der Waals surface area contributed by atoms with E-state index in [1.807, 2.05) is 12.3 Å². The van der Waals surface area contributed by atoms with Crippen LogP contribution in [0.3, 0.4) is 0 Å². The number of hydrogen-bond donors (Lipinski definition) is 0. The Kier molecular flexibility index (Phi) is 4.05. The Morgan fingerprint density at radius 1 is 1.13 bits per heavy atom. The first-order valence-electron chi connectivity index (χ1n) is 4.42. The summed E-state index contributed by atoms with van der Waals surface area (Å²) in [7, 11) is 0. The van der Waals surface area contributed by atoms with Crippen molar-refractivity contribution in [3.05, 3.63) is 35.9 Å². The maximum Gasteiger partial charge on any atom is 0.175 e. The van der Waals surface area contributed by atoms with Crippen LogP contribution in [0.15, 0.2) is 39.0 Å². The van der Waals surface area contributed by atoms with Crippen LogP contribution in [0.25, 0.3) is 0 Å². The second kappa shape index (κ2) is 5.53. The van der Waals surface area contributed by atoms with E-state index in [-0.39, 0.29) is 0 Å². The molecule has 1 aromatic carbocycles. The molecule has 0 unspecified atom stereocenters. The quantitative estimate of drug-likeness (QED) is 0.779. The summed E-state index contributed by atoms with van der Waals surface area (Å²) in [4.78, 5) is 0. The van der Waals surface area contributed by atoms with Gasteiger partial charge in [-0.3, -0.25) is 0 Å². The summed E-state index contributed by atoms with van der Waals surface area (Å²) in [5.41, 5.74) is 1.32. The lowest BCUT2D eigenvalue weighted by Gasteiger charge is -1.96. The molecule has 78 valence electrons. The standard InChI is InChI=1S/C10H10N2S3/c1-13-9-11-12-10(15-9)14-7-8-5-3-2-4-6-8/h2-6H,7H2,1H3. The zero-order valence-corrected chi connectivity index (χ0v) is 10.7. The fourth-order valence-corrected chi connectivity index (χ4v) is 3.45. The van der Waals surface area contributed by atoms with Gasteiger partial charge in [-0.25, -0.2) is 0 Å². The summed E-state index contributed by atoms with van der Waals surface area (Å²) in [6.45, 7) is 0. The minimum atomic E-state index is 0.962. The van der Waals surface area contributed by atoms with Crippen molar-refractivity contribution in [1.29, 1.82) is 0 Å². The Labute approximate surface area is 102 Å². The van der Waals surface area contributed by atoms with Crippen LogP contribution < -0.4 is 0 Å². The van der Waals surface area contributed by atoms with Crippen molar-refractivity contribution in [3.8, 4) is 0 Å². The molecule has 0 fully saturated rings. The second-order valence-electron chi connectivity index (χ2n) is 2.81. The molecule has 1 heterocycles. The lowest BCUT2D eigenvalue weighted by molar-refractivity contribution is 0.955. The van der Waals surface area contributed by atoms with E-state index in [1.165, 1.54) is 5.56 Å². The molecule has 1 aromatic heterocycles. The number of aromatic nitrogens is 2. The molecular formula is C10H10N2S3. The normalized spacial score (nSPS) is 10.5. The molecule has 0 saturated carbocycles. The van der Waals surface area contributed by atoms with E-state index in [2.05, 4.69) is 34.5 Å². The fraction of sp³-hybridized carbons (Fsp3) is 0.200. The van der Waals surface area contributed by atoms with Crippen LogP contribution in [0, 0.1) is 0 Å². The predicted octanol–water partition coefficient (Wildman–Crippen LogP) is 3.55. The number of nitrogens with zero attached hydrogens (tertiary/aromatic N) is 2. The summed E-state index contributed by atoms with van der Waals surface area (Å²) in [5.74, 6) is 0.962. The average Bonchev–Trinajstić information content (AvgIpc) is 2.76. The maximum absolute atomic E-state index is 4.11. The molecule has 2 nitrogen and oxygen atoms in total. The van der Waals surface area contributed by atoms with E-state index in [1.54, 1.807) is 34.9 Å². The summed E-state index contributed by atoms with van der Waals surface area (Å²) < 4.78 is 2.08. The monoisotopic (exact) mass is 254 g/mol. The topological polar surface area (TPSA) is 25.8 Å². The third-order valence-electron chi connectivity index (χ3n) is 1.77. The average molecular weight is 254 g/mol. The molecular weight excluding hydrogens is 244 g/mol. The molecule has 0 radical (unpaired) electrons. The molecule has 0 aliphatic heterocycles. The van der Waals surface area contributed by atoms with Gasteiger partial charge in [0.25, 0.3) is 0 Å². The number of rotatable bonds is 4.